The number of hydrogen-bond acceptors (Lipinski definition) is 5. The summed E-state index contributed by atoms with van der Waals surface area (Å²) in [5, 5.41) is 8.95. The molecule has 0 spiro atoms. The Hall–Kier alpha value is -2.77. The van der Waals surface area contributed by atoms with Gasteiger partial charge in [-0.1, -0.05) is 0 Å². The van der Waals surface area contributed by atoms with Gasteiger partial charge in [0, 0.05) is 17.9 Å². The van der Waals surface area contributed by atoms with Crippen LogP contribution in [-0.2, 0) is 14.4 Å². The zero-order valence-corrected chi connectivity index (χ0v) is 9.86. The van der Waals surface area contributed by atoms with Crippen molar-refractivity contribution in [1.29, 1.82) is 0 Å². The molecule has 0 saturated carbocycles. The van der Waals surface area contributed by atoms with E-state index in [1.165, 1.54) is 13.1 Å². The molecule has 0 fully saturated rings. The van der Waals surface area contributed by atoms with Gasteiger partial charge in [-0.3, -0.25) is 24.3 Å². The first-order valence-electron chi connectivity index (χ1n) is 5.27. The van der Waals surface area contributed by atoms with Crippen molar-refractivity contribution in [1.82, 2.24) is 9.80 Å². The predicted molar refractivity (Wildman–Crippen MR) is 61.9 cm³/mol. The van der Waals surface area contributed by atoms with E-state index in [1.54, 1.807) is 0 Å². The molecule has 0 aromatic rings. The number of carbonyl (C=O) groups is 4. The zero-order valence-electron chi connectivity index (χ0n) is 9.86. The molecule has 0 aromatic carbocycles. The van der Waals surface area contributed by atoms with Crippen LogP contribution in [0.5, 0.6) is 0 Å². The van der Waals surface area contributed by atoms with E-state index in [-0.39, 0.29) is 17.8 Å². The molecule has 1 N–H and O–H groups in total. The Morgan fingerprint density at radius 2 is 2.05 bits per heavy atom. The molecule has 0 atom stereocenters. The van der Waals surface area contributed by atoms with Crippen molar-refractivity contribution in [2.75, 3.05) is 6.54 Å². The van der Waals surface area contributed by atoms with Crippen LogP contribution in [-0.4, -0.2) is 51.5 Å². The minimum atomic E-state index is -1.37. The molecule has 0 bridgehead atoms. The molecule has 2 heterocycles. The molecule has 2 aliphatic rings. The third-order valence-electron chi connectivity index (χ3n) is 2.61. The molecule has 4 amide bonds. The first-order chi connectivity index (χ1) is 8.93. The molecule has 0 aliphatic carbocycles. The van der Waals surface area contributed by atoms with Gasteiger partial charge in [-0.05, 0) is 6.92 Å². The van der Waals surface area contributed by atoms with Gasteiger partial charge in [0.2, 0.25) is 0 Å². The standard InChI is InChI=1S/C11H9N3O5/c1-6-4-8(15)14(9(6)16)10(17)7-5-12-2-3-13(7)11(18)19/h2,4-5H,3H2,1H3,(H,18,19). The number of carboxylic acid groups (broad SMARTS) is 1. The number of hydrogen-bond donors (Lipinski definition) is 1. The minimum Gasteiger partial charge on any atom is -0.465 e. The van der Waals surface area contributed by atoms with Gasteiger partial charge in [0.05, 0.1) is 12.7 Å². The number of amides is 4. The fourth-order valence-electron chi connectivity index (χ4n) is 1.67. The highest BCUT2D eigenvalue weighted by Gasteiger charge is 2.38. The summed E-state index contributed by atoms with van der Waals surface area (Å²) in [6.45, 7) is 1.28. The summed E-state index contributed by atoms with van der Waals surface area (Å²) in [4.78, 5) is 51.0. The van der Waals surface area contributed by atoms with Crippen LogP contribution in [0.15, 0.2) is 28.5 Å². The number of rotatable bonds is 1. The number of aliphatic imine (C=N–C) groups is 1. The minimum absolute atomic E-state index is 0.116. The Kier molecular flexibility index (Phi) is 2.99. The van der Waals surface area contributed by atoms with Crippen molar-refractivity contribution in [3.05, 3.63) is 23.5 Å². The van der Waals surface area contributed by atoms with Crippen molar-refractivity contribution in [2.24, 2.45) is 4.99 Å². The third-order valence-corrected chi connectivity index (χ3v) is 2.61. The molecule has 2 aliphatic heterocycles. The van der Waals surface area contributed by atoms with Crippen molar-refractivity contribution in [3.63, 3.8) is 0 Å². The van der Waals surface area contributed by atoms with Gasteiger partial charge in [0.15, 0.2) is 0 Å². The van der Waals surface area contributed by atoms with Crippen molar-refractivity contribution in [2.45, 2.75) is 6.92 Å². The molecule has 98 valence electrons. The largest absolute Gasteiger partial charge is 0.465 e. The maximum atomic E-state index is 12.1. The summed E-state index contributed by atoms with van der Waals surface area (Å²) in [6.07, 6.45) is 1.96. The number of imide groups is 3. The highest BCUT2D eigenvalue weighted by molar-refractivity contribution is 6.27. The third kappa shape index (κ3) is 2.03. The van der Waals surface area contributed by atoms with Crippen LogP contribution >= 0.6 is 0 Å². The van der Waals surface area contributed by atoms with Crippen LogP contribution < -0.4 is 0 Å². The second-order valence-corrected chi connectivity index (χ2v) is 3.85. The average molecular weight is 263 g/mol. The zero-order chi connectivity index (χ0) is 14.2. The molecule has 0 aromatic heterocycles. The fourth-order valence-corrected chi connectivity index (χ4v) is 1.67. The Balaban J connectivity index is 2.32. The van der Waals surface area contributed by atoms with Gasteiger partial charge in [0.25, 0.3) is 17.7 Å². The topological polar surface area (TPSA) is 107 Å². The van der Waals surface area contributed by atoms with Crippen LogP contribution in [0.3, 0.4) is 0 Å². The second-order valence-electron chi connectivity index (χ2n) is 3.85. The van der Waals surface area contributed by atoms with Crippen molar-refractivity contribution in [3.8, 4) is 0 Å². The van der Waals surface area contributed by atoms with E-state index in [0.29, 0.717) is 9.80 Å². The lowest BCUT2D eigenvalue weighted by Crippen LogP contribution is -2.44. The molecule has 0 unspecified atom stereocenters. The first kappa shape index (κ1) is 12.7. The van der Waals surface area contributed by atoms with Gasteiger partial charge in [-0.25, -0.2) is 9.69 Å². The van der Waals surface area contributed by atoms with E-state index in [4.69, 9.17) is 5.11 Å². The summed E-state index contributed by atoms with van der Waals surface area (Å²) in [5.74, 6) is -2.54. The first-order valence-corrected chi connectivity index (χ1v) is 5.27. The van der Waals surface area contributed by atoms with Gasteiger partial charge in [-0.15, -0.1) is 0 Å². The number of carbonyl (C=O) groups excluding carboxylic acids is 3. The van der Waals surface area contributed by atoms with Gasteiger partial charge < -0.3 is 5.11 Å². The molecule has 0 saturated heterocycles. The summed E-state index contributed by atoms with van der Waals surface area (Å²) < 4.78 is 0. The molecule has 8 nitrogen and oxygen atoms in total. The predicted octanol–water partition coefficient (Wildman–Crippen LogP) is -0.266. The lowest BCUT2D eigenvalue weighted by Gasteiger charge is -2.23. The van der Waals surface area contributed by atoms with Crippen molar-refractivity contribution < 1.29 is 24.3 Å². The van der Waals surface area contributed by atoms with Crippen LogP contribution in [0, 0.1) is 0 Å². The molecule has 19 heavy (non-hydrogen) atoms. The van der Waals surface area contributed by atoms with Crippen molar-refractivity contribution >= 4 is 30.0 Å². The molecule has 0 radical (unpaired) electrons. The Labute approximate surface area is 107 Å². The maximum Gasteiger partial charge on any atom is 0.412 e. The van der Waals surface area contributed by atoms with E-state index in [2.05, 4.69) is 4.99 Å². The molecular weight excluding hydrogens is 254 g/mol. The molecular formula is C11H9N3O5. The summed E-state index contributed by atoms with van der Waals surface area (Å²) in [6, 6.07) is 0. The Morgan fingerprint density at radius 3 is 2.58 bits per heavy atom. The molecule has 8 heteroatoms. The molecule has 2 rings (SSSR count). The van der Waals surface area contributed by atoms with Crippen LogP contribution in [0.25, 0.3) is 0 Å². The summed E-state index contributed by atoms with van der Waals surface area (Å²) in [7, 11) is 0. The van der Waals surface area contributed by atoms with Crippen LogP contribution in [0.1, 0.15) is 6.92 Å². The van der Waals surface area contributed by atoms with E-state index < -0.39 is 23.8 Å². The quantitative estimate of drug-likeness (QED) is 0.655. The fraction of sp³-hybridized carbons (Fsp3) is 0.182. The summed E-state index contributed by atoms with van der Waals surface area (Å²) in [5.41, 5.74) is -0.208. The maximum absolute atomic E-state index is 12.1. The van der Waals surface area contributed by atoms with E-state index in [1.807, 2.05) is 0 Å². The highest BCUT2D eigenvalue weighted by Crippen LogP contribution is 2.18. The normalized spacial score (nSPS) is 18.6. The van der Waals surface area contributed by atoms with E-state index in [0.717, 1.165) is 12.3 Å². The monoisotopic (exact) mass is 263 g/mol. The van der Waals surface area contributed by atoms with Crippen LogP contribution in [0.4, 0.5) is 4.79 Å². The lowest BCUT2D eigenvalue weighted by molar-refractivity contribution is -0.147. The number of nitrogens with zero attached hydrogens (tertiary/aromatic N) is 3. The lowest BCUT2D eigenvalue weighted by atomic mass is 10.3. The van der Waals surface area contributed by atoms with Crippen LogP contribution in [0.2, 0.25) is 0 Å². The van der Waals surface area contributed by atoms with Gasteiger partial charge >= 0.3 is 6.09 Å². The summed E-state index contributed by atoms with van der Waals surface area (Å²) >= 11 is 0. The smallest absolute Gasteiger partial charge is 0.412 e. The second kappa shape index (κ2) is 4.48. The van der Waals surface area contributed by atoms with Gasteiger partial charge in [0.1, 0.15) is 5.70 Å². The van der Waals surface area contributed by atoms with E-state index in [9.17, 15) is 19.2 Å². The average Bonchev–Trinajstić information content (AvgIpc) is 2.62. The van der Waals surface area contributed by atoms with E-state index >= 15 is 0 Å². The Morgan fingerprint density at radius 1 is 1.37 bits per heavy atom. The van der Waals surface area contributed by atoms with Gasteiger partial charge in [-0.2, -0.15) is 0 Å². The Bertz CT molecular complexity index is 587. The SMILES string of the molecule is CC1=CC(=O)N(C(=O)C2=CN=CCN2C(=O)O)C1=O. The highest BCUT2D eigenvalue weighted by atomic mass is 16.4.